The molecule has 2 amide bonds. The van der Waals surface area contributed by atoms with Gasteiger partial charge in [0.1, 0.15) is 0 Å². The smallest absolute Gasteiger partial charge is 0.341 e. The Hall–Kier alpha value is -0.980. The molecule has 0 aliphatic heterocycles. The van der Waals surface area contributed by atoms with E-state index in [9.17, 15) is 18.0 Å². The van der Waals surface area contributed by atoms with Crippen LogP contribution in [0.1, 0.15) is 25.7 Å². The molecule has 7 heteroatoms. The summed E-state index contributed by atoms with van der Waals surface area (Å²) in [4.78, 5) is 11.2. The first-order chi connectivity index (χ1) is 7.92. The number of urea groups is 1. The number of hydrogen-bond donors (Lipinski definition) is 3. The second-order valence-corrected chi connectivity index (χ2v) is 4.22. The highest BCUT2D eigenvalue weighted by atomic mass is 19.4. The van der Waals surface area contributed by atoms with Crippen LogP contribution in [0.3, 0.4) is 0 Å². The summed E-state index contributed by atoms with van der Waals surface area (Å²) >= 11 is 0. The quantitative estimate of drug-likeness (QED) is 0.711. The van der Waals surface area contributed by atoms with Gasteiger partial charge in [-0.3, -0.25) is 0 Å². The van der Waals surface area contributed by atoms with E-state index in [1.807, 2.05) is 0 Å². The van der Waals surface area contributed by atoms with Crippen LogP contribution in [0.4, 0.5) is 18.0 Å². The number of nitrogens with one attached hydrogen (secondary N) is 3. The van der Waals surface area contributed by atoms with Crippen molar-refractivity contribution >= 4 is 6.03 Å². The van der Waals surface area contributed by atoms with Crippen molar-refractivity contribution in [2.45, 2.75) is 43.9 Å². The van der Waals surface area contributed by atoms with E-state index in [0.29, 0.717) is 12.8 Å². The third-order valence-corrected chi connectivity index (χ3v) is 2.87. The van der Waals surface area contributed by atoms with Gasteiger partial charge in [0.05, 0.1) is 6.54 Å². The molecular formula is C10H18F3N3O. The third kappa shape index (κ3) is 5.25. The monoisotopic (exact) mass is 253 g/mol. The Bertz CT molecular complexity index is 258. The van der Waals surface area contributed by atoms with Gasteiger partial charge in [0, 0.05) is 19.1 Å². The molecule has 0 heterocycles. The molecule has 0 bridgehead atoms. The third-order valence-electron chi connectivity index (χ3n) is 2.87. The van der Waals surface area contributed by atoms with Gasteiger partial charge in [0.2, 0.25) is 0 Å². The number of alkyl halides is 3. The maximum Gasteiger partial charge on any atom is 0.401 e. The maximum absolute atomic E-state index is 12.1. The largest absolute Gasteiger partial charge is 0.401 e. The summed E-state index contributed by atoms with van der Waals surface area (Å²) in [6.45, 7) is -1.01. The fourth-order valence-electron chi connectivity index (χ4n) is 2.04. The Balaban J connectivity index is 2.45. The first-order valence-electron chi connectivity index (χ1n) is 5.71. The first kappa shape index (κ1) is 14.1. The minimum atomic E-state index is -4.21. The van der Waals surface area contributed by atoms with Crippen molar-refractivity contribution < 1.29 is 18.0 Å². The van der Waals surface area contributed by atoms with E-state index >= 15 is 0 Å². The van der Waals surface area contributed by atoms with Crippen molar-refractivity contribution in [3.8, 4) is 0 Å². The molecule has 0 aromatic rings. The minimum Gasteiger partial charge on any atom is -0.341 e. The van der Waals surface area contributed by atoms with Crippen LogP contribution in [-0.4, -0.2) is 37.9 Å². The van der Waals surface area contributed by atoms with Gasteiger partial charge >= 0.3 is 12.2 Å². The lowest BCUT2D eigenvalue weighted by molar-refractivity contribution is -0.126. The lowest BCUT2D eigenvalue weighted by atomic mass is 9.90. The van der Waals surface area contributed by atoms with Crippen LogP contribution < -0.4 is 16.0 Å². The normalized spacial score (nSPS) is 25.4. The van der Waals surface area contributed by atoms with Gasteiger partial charge in [-0.25, -0.2) is 4.79 Å². The van der Waals surface area contributed by atoms with Crippen LogP contribution in [0.5, 0.6) is 0 Å². The number of carbonyl (C=O) groups is 1. The van der Waals surface area contributed by atoms with Crippen LogP contribution >= 0.6 is 0 Å². The van der Waals surface area contributed by atoms with Gasteiger partial charge in [0.15, 0.2) is 0 Å². The van der Waals surface area contributed by atoms with E-state index in [2.05, 4.69) is 16.0 Å². The molecule has 1 saturated carbocycles. The molecule has 0 spiro atoms. The number of amides is 2. The summed E-state index contributed by atoms with van der Waals surface area (Å²) in [5, 5.41) is 7.55. The molecule has 1 fully saturated rings. The summed E-state index contributed by atoms with van der Waals surface area (Å²) < 4.78 is 36.3. The molecule has 1 rings (SSSR count). The second-order valence-electron chi connectivity index (χ2n) is 4.22. The highest BCUT2D eigenvalue weighted by Gasteiger charge is 2.32. The maximum atomic E-state index is 12.1. The summed E-state index contributed by atoms with van der Waals surface area (Å²) in [6, 6.07) is -0.885. The Kier molecular flexibility index (Phi) is 5.04. The zero-order valence-electron chi connectivity index (χ0n) is 9.73. The summed E-state index contributed by atoms with van der Waals surface area (Å²) in [6.07, 6.45) is -1.02. The molecule has 2 atom stereocenters. The van der Waals surface area contributed by atoms with Gasteiger partial charge in [-0.1, -0.05) is 12.8 Å². The standard InChI is InChI=1S/C10H18F3N3O/c1-14-9(17)16-8-5-3-2-4-7(8)15-6-10(11,12)13/h7-8,15H,2-6H2,1H3,(H2,14,16,17)/t7-,8?/m1/s1. The summed E-state index contributed by atoms with van der Waals surface area (Å²) in [5.74, 6) is 0. The lowest BCUT2D eigenvalue weighted by Crippen LogP contribution is -2.54. The SMILES string of the molecule is CNC(=O)NC1CCCC[C@H]1NCC(F)(F)F. The topological polar surface area (TPSA) is 53.2 Å². The molecule has 1 unspecified atom stereocenters. The van der Waals surface area contributed by atoms with Gasteiger partial charge in [-0.15, -0.1) is 0 Å². The van der Waals surface area contributed by atoms with Crippen LogP contribution in [0.2, 0.25) is 0 Å². The molecule has 0 saturated heterocycles. The van der Waals surface area contributed by atoms with E-state index in [4.69, 9.17) is 0 Å². The highest BCUT2D eigenvalue weighted by Crippen LogP contribution is 2.20. The minimum absolute atomic E-state index is 0.231. The Morgan fingerprint density at radius 1 is 1.24 bits per heavy atom. The molecule has 0 aromatic carbocycles. The van der Waals surface area contributed by atoms with Gasteiger partial charge in [-0.2, -0.15) is 13.2 Å². The van der Waals surface area contributed by atoms with Crippen molar-refractivity contribution in [2.75, 3.05) is 13.6 Å². The number of hydrogen-bond acceptors (Lipinski definition) is 2. The summed E-state index contributed by atoms with van der Waals surface area (Å²) in [5.41, 5.74) is 0. The highest BCUT2D eigenvalue weighted by molar-refractivity contribution is 5.73. The van der Waals surface area contributed by atoms with Crippen molar-refractivity contribution in [2.24, 2.45) is 0 Å². The van der Waals surface area contributed by atoms with E-state index < -0.39 is 12.7 Å². The fourth-order valence-corrected chi connectivity index (χ4v) is 2.04. The molecule has 100 valence electrons. The van der Waals surface area contributed by atoms with E-state index in [1.165, 1.54) is 7.05 Å². The van der Waals surface area contributed by atoms with Gasteiger partial charge in [-0.05, 0) is 12.8 Å². The molecule has 3 N–H and O–H groups in total. The van der Waals surface area contributed by atoms with Crippen LogP contribution in [-0.2, 0) is 0 Å². The van der Waals surface area contributed by atoms with Crippen molar-refractivity contribution in [3.05, 3.63) is 0 Å². The predicted molar refractivity (Wildman–Crippen MR) is 57.7 cm³/mol. The van der Waals surface area contributed by atoms with Crippen molar-refractivity contribution in [3.63, 3.8) is 0 Å². The van der Waals surface area contributed by atoms with Crippen molar-refractivity contribution in [1.82, 2.24) is 16.0 Å². The number of halogens is 3. The second kappa shape index (κ2) is 6.09. The zero-order chi connectivity index (χ0) is 12.9. The van der Waals surface area contributed by atoms with E-state index in [1.54, 1.807) is 0 Å². The zero-order valence-corrected chi connectivity index (χ0v) is 9.73. The van der Waals surface area contributed by atoms with Crippen LogP contribution in [0.15, 0.2) is 0 Å². The number of rotatable bonds is 3. The van der Waals surface area contributed by atoms with E-state index in [0.717, 1.165) is 12.8 Å². The average Bonchev–Trinajstić information content (AvgIpc) is 2.26. The Morgan fingerprint density at radius 2 is 1.82 bits per heavy atom. The summed E-state index contributed by atoms with van der Waals surface area (Å²) in [7, 11) is 1.48. The van der Waals surface area contributed by atoms with Crippen LogP contribution in [0.25, 0.3) is 0 Å². The Morgan fingerprint density at radius 3 is 2.35 bits per heavy atom. The van der Waals surface area contributed by atoms with Crippen LogP contribution in [0, 0.1) is 0 Å². The van der Waals surface area contributed by atoms with Crippen molar-refractivity contribution in [1.29, 1.82) is 0 Å². The predicted octanol–water partition coefficient (Wildman–Crippen LogP) is 1.38. The molecule has 17 heavy (non-hydrogen) atoms. The molecular weight excluding hydrogens is 235 g/mol. The van der Waals surface area contributed by atoms with E-state index in [-0.39, 0.29) is 18.1 Å². The number of carbonyl (C=O) groups excluding carboxylic acids is 1. The lowest BCUT2D eigenvalue weighted by Gasteiger charge is -2.33. The Labute approximate surface area is 98.3 Å². The molecule has 1 aliphatic rings. The average molecular weight is 253 g/mol. The van der Waals surface area contributed by atoms with Gasteiger partial charge in [0.25, 0.3) is 0 Å². The molecule has 1 aliphatic carbocycles. The molecule has 0 aromatic heterocycles. The molecule has 0 radical (unpaired) electrons. The molecule has 4 nitrogen and oxygen atoms in total. The van der Waals surface area contributed by atoms with Gasteiger partial charge < -0.3 is 16.0 Å². The fraction of sp³-hybridized carbons (Fsp3) is 0.900. The first-order valence-corrected chi connectivity index (χ1v) is 5.71.